The fraction of sp³-hybridized carbons (Fsp3) is 0.471. The maximum atomic E-state index is 12.2. The molecule has 0 spiro atoms. The van der Waals surface area contributed by atoms with Crippen molar-refractivity contribution in [2.45, 2.75) is 32.7 Å². The first-order valence-electron chi connectivity index (χ1n) is 8.22. The predicted octanol–water partition coefficient (Wildman–Crippen LogP) is 1.59. The number of H-pyrrole nitrogens is 1. The van der Waals surface area contributed by atoms with E-state index in [1.54, 1.807) is 0 Å². The van der Waals surface area contributed by atoms with E-state index in [1.165, 1.54) is 0 Å². The summed E-state index contributed by atoms with van der Waals surface area (Å²) in [5, 5.41) is 13.2. The lowest BCUT2D eigenvalue weighted by Gasteiger charge is -2.18. The molecule has 0 aliphatic carbocycles. The Kier molecular flexibility index (Phi) is 8.37. The van der Waals surface area contributed by atoms with E-state index in [0.717, 1.165) is 17.3 Å². The number of fused-ring (bicyclic) bond motifs is 1. The number of nitrogens with zero attached hydrogens (tertiary/aromatic N) is 1. The van der Waals surface area contributed by atoms with Crippen LogP contribution in [0.5, 0.6) is 0 Å². The van der Waals surface area contributed by atoms with Gasteiger partial charge in [-0.1, -0.05) is 32.0 Å². The lowest BCUT2D eigenvalue weighted by atomic mass is 10.0. The summed E-state index contributed by atoms with van der Waals surface area (Å²) in [6.45, 7) is 4.84. The number of hydrogen-bond donors (Lipinski definition) is 4. The quantitative estimate of drug-likeness (QED) is 0.567. The van der Waals surface area contributed by atoms with E-state index in [1.807, 2.05) is 24.3 Å². The maximum absolute atomic E-state index is 12.2. The normalized spacial score (nSPS) is 11.8. The lowest BCUT2D eigenvalue weighted by molar-refractivity contribution is -0.121. The second-order valence-corrected chi connectivity index (χ2v) is 6.25. The molecule has 2 aromatic rings. The molecule has 2 rings (SSSR count). The van der Waals surface area contributed by atoms with Crippen LogP contribution in [0.3, 0.4) is 0 Å². The van der Waals surface area contributed by atoms with Gasteiger partial charge in [-0.2, -0.15) is 5.10 Å². The first-order valence-corrected chi connectivity index (χ1v) is 8.22. The fourth-order valence-electron chi connectivity index (χ4n) is 2.59. The third-order valence-corrected chi connectivity index (χ3v) is 3.73. The number of benzene rings is 1. The molecule has 0 radical (unpaired) electrons. The minimum Gasteiger partial charge on any atom is -0.352 e. The van der Waals surface area contributed by atoms with Gasteiger partial charge in [0.15, 0.2) is 5.69 Å². The Morgan fingerprint density at radius 3 is 2.68 bits per heavy atom. The minimum absolute atomic E-state index is 0. The molecule has 1 aromatic carbocycles. The van der Waals surface area contributed by atoms with E-state index in [0.29, 0.717) is 18.2 Å². The van der Waals surface area contributed by atoms with Gasteiger partial charge >= 0.3 is 0 Å². The molecule has 0 fully saturated rings. The number of nitrogens with one attached hydrogen (secondary N) is 3. The van der Waals surface area contributed by atoms with Crippen LogP contribution in [0.1, 0.15) is 37.2 Å². The summed E-state index contributed by atoms with van der Waals surface area (Å²) < 4.78 is 0. The Morgan fingerprint density at radius 2 is 2.00 bits per heavy atom. The molecule has 1 aromatic heterocycles. The first-order chi connectivity index (χ1) is 11.5. The van der Waals surface area contributed by atoms with Gasteiger partial charge in [-0.05, 0) is 18.4 Å². The summed E-state index contributed by atoms with van der Waals surface area (Å²) in [7, 11) is 0. The topological polar surface area (TPSA) is 113 Å². The highest BCUT2D eigenvalue weighted by Crippen LogP contribution is 2.14. The first kappa shape index (κ1) is 20.9. The van der Waals surface area contributed by atoms with E-state index in [9.17, 15) is 9.59 Å². The van der Waals surface area contributed by atoms with Crippen molar-refractivity contribution in [3.8, 4) is 0 Å². The summed E-state index contributed by atoms with van der Waals surface area (Å²) >= 11 is 0. The van der Waals surface area contributed by atoms with Crippen LogP contribution in [0.4, 0.5) is 0 Å². The van der Waals surface area contributed by atoms with Crippen molar-refractivity contribution in [1.29, 1.82) is 0 Å². The Bertz CT molecular complexity index is 701. The van der Waals surface area contributed by atoms with Crippen molar-refractivity contribution in [2.75, 3.05) is 13.1 Å². The second-order valence-electron chi connectivity index (χ2n) is 6.25. The molecule has 7 nitrogen and oxygen atoms in total. The molecule has 8 heteroatoms. The van der Waals surface area contributed by atoms with Crippen LogP contribution in [0.25, 0.3) is 10.9 Å². The molecule has 0 bridgehead atoms. The molecule has 5 N–H and O–H groups in total. The standard InChI is InChI=1S/C17H25N5O2.ClH/c1-11(2)9-12(10-18)20-15(23)7-8-19-17(24)16-13-5-3-4-6-14(13)21-22-16;/h3-6,11-12H,7-10,18H2,1-2H3,(H,19,24)(H,20,23)(H,21,22);1H. The Balaban J connectivity index is 0.00000312. The van der Waals surface area contributed by atoms with Gasteiger partial charge in [0.25, 0.3) is 5.91 Å². The second kappa shape index (κ2) is 10.0. The number of aromatic amines is 1. The van der Waals surface area contributed by atoms with Crippen molar-refractivity contribution in [3.63, 3.8) is 0 Å². The van der Waals surface area contributed by atoms with Gasteiger partial charge in [0, 0.05) is 30.9 Å². The van der Waals surface area contributed by atoms with E-state index < -0.39 is 0 Å². The minimum atomic E-state index is -0.294. The van der Waals surface area contributed by atoms with Gasteiger partial charge < -0.3 is 16.4 Å². The smallest absolute Gasteiger partial charge is 0.272 e. The van der Waals surface area contributed by atoms with Crippen molar-refractivity contribution in [2.24, 2.45) is 11.7 Å². The van der Waals surface area contributed by atoms with Crippen LogP contribution in [0, 0.1) is 5.92 Å². The van der Waals surface area contributed by atoms with Gasteiger partial charge in [-0.3, -0.25) is 14.7 Å². The number of aromatic nitrogens is 2. The van der Waals surface area contributed by atoms with Gasteiger partial charge in [-0.15, -0.1) is 12.4 Å². The van der Waals surface area contributed by atoms with E-state index in [2.05, 4.69) is 34.7 Å². The molecule has 1 unspecified atom stereocenters. The molecular weight excluding hydrogens is 342 g/mol. The number of carbonyl (C=O) groups excluding carboxylic acids is 2. The monoisotopic (exact) mass is 367 g/mol. The summed E-state index contributed by atoms with van der Waals surface area (Å²) in [6.07, 6.45) is 1.05. The molecule has 138 valence electrons. The molecule has 2 amide bonds. The third kappa shape index (κ3) is 6.03. The van der Waals surface area contributed by atoms with E-state index in [-0.39, 0.29) is 43.2 Å². The van der Waals surface area contributed by atoms with Crippen LogP contribution >= 0.6 is 12.4 Å². The molecule has 25 heavy (non-hydrogen) atoms. The highest BCUT2D eigenvalue weighted by Gasteiger charge is 2.15. The Labute approximate surface area is 153 Å². The number of para-hydroxylation sites is 1. The summed E-state index contributed by atoms with van der Waals surface area (Å²) in [5.74, 6) is 0.0580. The highest BCUT2D eigenvalue weighted by atomic mass is 35.5. The van der Waals surface area contributed by atoms with Crippen LogP contribution in [-0.4, -0.2) is 41.1 Å². The maximum Gasteiger partial charge on any atom is 0.272 e. The van der Waals surface area contributed by atoms with Crippen molar-refractivity contribution < 1.29 is 9.59 Å². The zero-order valence-electron chi connectivity index (χ0n) is 14.5. The number of nitrogens with two attached hydrogens (primary N) is 1. The third-order valence-electron chi connectivity index (χ3n) is 3.73. The zero-order valence-corrected chi connectivity index (χ0v) is 15.4. The predicted molar refractivity (Wildman–Crippen MR) is 101 cm³/mol. The Morgan fingerprint density at radius 1 is 1.28 bits per heavy atom. The average molecular weight is 368 g/mol. The molecule has 0 aliphatic heterocycles. The van der Waals surface area contributed by atoms with Crippen molar-refractivity contribution in [1.82, 2.24) is 20.8 Å². The Hall–Kier alpha value is -2.12. The zero-order chi connectivity index (χ0) is 17.5. The van der Waals surface area contributed by atoms with E-state index in [4.69, 9.17) is 5.73 Å². The number of amides is 2. The van der Waals surface area contributed by atoms with Gasteiger partial charge in [0.2, 0.25) is 5.91 Å². The molecule has 0 saturated carbocycles. The van der Waals surface area contributed by atoms with Crippen LogP contribution in [0.2, 0.25) is 0 Å². The SMILES string of the molecule is CC(C)CC(CN)NC(=O)CCNC(=O)c1n[nH]c2ccccc12.Cl. The number of halogens is 1. The lowest BCUT2D eigenvalue weighted by Crippen LogP contribution is -2.42. The van der Waals surface area contributed by atoms with Crippen molar-refractivity contribution in [3.05, 3.63) is 30.0 Å². The summed E-state index contributed by atoms with van der Waals surface area (Å²) in [4.78, 5) is 24.1. The van der Waals surface area contributed by atoms with Gasteiger partial charge in [0.1, 0.15) is 0 Å². The number of hydrogen-bond acceptors (Lipinski definition) is 4. The summed E-state index contributed by atoms with van der Waals surface area (Å²) in [6, 6.07) is 7.39. The fourth-order valence-corrected chi connectivity index (χ4v) is 2.59. The molecule has 0 aliphatic rings. The van der Waals surface area contributed by atoms with E-state index >= 15 is 0 Å². The molecule has 1 atom stereocenters. The van der Waals surface area contributed by atoms with Crippen LogP contribution in [0.15, 0.2) is 24.3 Å². The van der Waals surface area contributed by atoms with Crippen LogP contribution in [-0.2, 0) is 4.79 Å². The summed E-state index contributed by atoms with van der Waals surface area (Å²) in [5.41, 5.74) is 6.81. The highest BCUT2D eigenvalue weighted by molar-refractivity contribution is 6.04. The molecular formula is C17H26ClN5O2. The number of carbonyl (C=O) groups is 2. The average Bonchev–Trinajstić information content (AvgIpc) is 2.97. The van der Waals surface area contributed by atoms with Gasteiger partial charge in [-0.25, -0.2) is 0 Å². The molecule has 1 heterocycles. The number of rotatable bonds is 8. The molecule has 0 saturated heterocycles. The van der Waals surface area contributed by atoms with Gasteiger partial charge in [0.05, 0.1) is 5.52 Å². The largest absolute Gasteiger partial charge is 0.352 e. The van der Waals surface area contributed by atoms with Crippen molar-refractivity contribution >= 4 is 35.1 Å². The van der Waals surface area contributed by atoms with Crippen LogP contribution < -0.4 is 16.4 Å².